The standard InChI is InChI=1S/C15H17F2N3O3/c1-21-10-5-4-9(8-11(10)22-14(16)17)12-19-13(20-23-12)15(18)6-2-3-7-15/h4-5,8,14H,2-3,6-7,18H2,1H3. The van der Waals surface area contributed by atoms with E-state index in [1.54, 1.807) is 6.07 Å². The van der Waals surface area contributed by atoms with Crippen LogP contribution in [0.2, 0.25) is 0 Å². The Morgan fingerprint density at radius 2 is 2.00 bits per heavy atom. The highest BCUT2D eigenvalue weighted by atomic mass is 19.3. The minimum atomic E-state index is -2.96. The molecule has 0 aliphatic heterocycles. The van der Waals surface area contributed by atoms with Crippen molar-refractivity contribution in [1.29, 1.82) is 0 Å². The predicted octanol–water partition coefficient (Wildman–Crippen LogP) is 3.07. The van der Waals surface area contributed by atoms with Crippen LogP contribution in [-0.4, -0.2) is 23.9 Å². The summed E-state index contributed by atoms with van der Waals surface area (Å²) in [5, 5.41) is 3.95. The van der Waals surface area contributed by atoms with Crippen LogP contribution in [0.4, 0.5) is 8.78 Å². The molecule has 1 aliphatic carbocycles. The Morgan fingerprint density at radius 1 is 1.26 bits per heavy atom. The van der Waals surface area contributed by atoms with Gasteiger partial charge in [0.2, 0.25) is 0 Å². The summed E-state index contributed by atoms with van der Waals surface area (Å²) < 4.78 is 39.7. The fourth-order valence-electron chi connectivity index (χ4n) is 2.77. The van der Waals surface area contributed by atoms with Crippen molar-refractivity contribution >= 4 is 0 Å². The van der Waals surface area contributed by atoms with Crippen LogP contribution in [0.25, 0.3) is 11.5 Å². The quantitative estimate of drug-likeness (QED) is 0.909. The number of methoxy groups -OCH3 is 1. The summed E-state index contributed by atoms with van der Waals surface area (Å²) >= 11 is 0. The first kappa shape index (κ1) is 15.7. The van der Waals surface area contributed by atoms with Crippen LogP contribution in [-0.2, 0) is 5.54 Å². The Morgan fingerprint density at radius 3 is 2.65 bits per heavy atom. The molecular formula is C15H17F2N3O3. The SMILES string of the molecule is COc1ccc(-c2nc(C3(N)CCCC3)no2)cc1OC(F)F. The molecule has 23 heavy (non-hydrogen) atoms. The number of hydrogen-bond donors (Lipinski definition) is 1. The average molecular weight is 325 g/mol. The number of hydrogen-bond acceptors (Lipinski definition) is 6. The van der Waals surface area contributed by atoms with Crippen molar-refractivity contribution < 1.29 is 22.8 Å². The molecule has 0 radical (unpaired) electrons. The van der Waals surface area contributed by atoms with Crippen LogP contribution < -0.4 is 15.2 Å². The molecule has 6 nitrogen and oxygen atoms in total. The van der Waals surface area contributed by atoms with Gasteiger partial charge in [0.15, 0.2) is 17.3 Å². The molecule has 0 bridgehead atoms. The fourth-order valence-corrected chi connectivity index (χ4v) is 2.77. The number of halogens is 2. The first-order valence-corrected chi connectivity index (χ1v) is 7.28. The first-order chi connectivity index (χ1) is 11.0. The van der Waals surface area contributed by atoms with Crippen LogP contribution in [0.15, 0.2) is 22.7 Å². The van der Waals surface area contributed by atoms with E-state index in [0.717, 1.165) is 25.7 Å². The monoisotopic (exact) mass is 325 g/mol. The van der Waals surface area contributed by atoms with E-state index < -0.39 is 12.2 Å². The van der Waals surface area contributed by atoms with Gasteiger partial charge in [0.05, 0.1) is 12.6 Å². The molecule has 3 rings (SSSR count). The second-order valence-electron chi connectivity index (χ2n) is 5.53. The molecule has 1 fully saturated rings. The normalized spacial score (nSPS) is 16.7. The summed E-state index contributed by atoms with van der Waals surface area (Å²) in [7, 11) is 1.37. The van der Waals surface area contributed by atoms with Gasteiger partial charge in [0.1, 0.15) is 0 Å². The molecule has 0 spiro atoms. The second kappa shape index (κ2) is 6.11. The van der Waals surface area contributed by atoms with Crippen LogP contribution in [0.5, 0.6) is 11.5 Å². The van der Waals surface area contributed by atoms with E-state index >= 15 is 0 Å². The van der Waals surface area contributed by atoms with E-state index in [2.05, 4.69) is 14.9 Å². The summed E-state index contributed by atoms with van der Waals surface area (Å²) in [6, 6.07) is 4.51. The van der Waals surface area contributed by atoms with Crippen molar-refractivity contribution in [2.75, 3.05) is 7.11 Å². The lowest BCUT2D eigenvalue weighted by Gasteiger charge is -2.17. The maximum atomic E-state index is 12.5. The van der Waals surface area contributed by atoms with Gasteiger partial charge in [-0.25, -0.2) is 0 Å². The molecule has 1 aromatic heterocycles. The molecular weight excluding hydrogens is 308 g/mol. The smallest absolute Gasteiger partial charge is 0.387 e. The van der Waals surface area contributed by atoms with E-state index in [9.17, 15) is 8.78 Å². The maximum Gasteiger partial charge on any atom is 0.387 e. The summed E-state index contributed by atoms with van der Waals surface area (Å²) in [6.07, 6.45) is 3.65. The number of benzene rings is 1. The van der Waals surface area contributed by atoms with Gasteiger partial charge in [-0.05, 0) is 31.0 Å². The molecule has 0 unspecified atom stereocenters. The number of rotatable bonds is 5. The van der Waals surface area contributed by atoms with Gasteiger partial charge >= 0.3 is 6.61 Å². The lowest BCUT2D eigenvalue weighted by molar-refractivity contribution is -0.0511. The van der Waals surface area contributed by atoms with Gasteiger partial charge in [0.25, 0.3) is 5.89 Å². The highest BCUT2D eigenvalue weighted by molar-refractivity contribution is 5.59. The van der Waals surface area contributed by atoms with E-state index in [0.29, 0.717) is 11.4 Å². The van der Waals surface area contributed by atoms with Crippen molar-refractivity contribution in [3.8, 4) is 23.0 Å². The van der Waals surface area contributed by atoms with Gasteiger partial charge in [-0.1, -0.05) is 18.0 Å². The molecule has 1 aliphatic rings. The number of aromatic nitrogens is 2. The Hall–Kier alpha value is -2.22. The minimum absolute atomic E-state index is 0.0944. The van der Waals surface area contributed by atoms with Crippen LogP contribution in [0, 0.1) is 0 Å². The summed E-state index contributed by atoms with van der Waals surface area (Å²) in [6.45, 7) is -2.96. The zero-order valence-corrected chi connectivity index (χ0v) is 12.6. The molecule has 2 aromatic rings. The zero-order chi connectivity index (χ0) is 16.4. The Kier molecular flexibility index (Phi) is 4.16. The minimum Gasteiger partial charge on any atom is -0.493 e. The molecule has 8 heteroatoms. The van der Waals surface area contributed by atoms with Crippen molar-refractivity contribution in [3.63, 3.8) is 0 Å². The van der Waals surface area contributed by atoms with E-state index in [4.69, 9.17) is 15.0 Å². The van der Waals surface area contributed by atoms with Crippen molar-refractivity contribution in [2.45, 2.75) is 37.8 Å². The van der Waals surface area contributed by atoms with Gasteiger partial charge in [-0.2, -0.15) is 13.8 Å². The first-order valence-electron chi connectivity index (χ1n) is 7.28. The highest BCUT2D eigenvalue weighted by Crippen LogP contribution is 2.37. The van der Waals surface area contributed by atoms with E-state index in [1.807, 2.05) is 0 Å². The van der Waals surface area contributed by atoms with Crippen LogP contribution in [0.1, 0.15) is 31.5 Å². The second-order valence-corrected chi connectivity index (χ2v) is 5.53. The molecule has 124 valence electrons. The fraction of sp³-hybridized carbons (Fsp3) is 0.467. The molecule has 0 atom stereocenters. The third-order valence-corrected chi connectivity index (χ3v) is 3.99. The summed E-state index contributed by atoms with van der Waals surface area (Å²) in [4.78, 5) is 4.32. The molecule has 1 saturated carbocycles. The average Bonchev–Trinajstić information content (AvgIpc) is 3.16. The van der Waals surface area contributed by atoms with E-state index in [-0.39, 0.29) is 17.4 Å². The highest BCUT2D eigenvalue weighted by Gasteiger charge is 2.36. The third kappa shape index (κ3) is 3.12. The van der Waals surface area contributed by atoms with Gasteiger partial charge in [-0.3, -0.25) is 0 Å². The van der Waals surface area contributed by atoms with Gasteiger partial charge in [0, 0.05) is 5.56 Å². The molecule has 2 N–H and O–H groups in total. The lowest BCUT2D eigenvalue weighted by atomic mass is 9.99. The number of nitrogens with zero attached hydrogens (tertiary/aromatic N) is 2. The van der Waals surface area contributed by atoms with Crippen molar-refractivity contribution in [3.05, 3.63) is 24.0 Å². The van der Waals surface area contributed by atoms with Gasteiger partial charge in [-0.15, -0.1) is 0 Å². The number of ether oxygens (including phenoxy) is 2. The number of alkyl halides is 2. The molecule has 1 aromatic carbocycles. The molecule has 0 saturated heterocycles. The van der Waals surface area contributed by atoms with E-state index in [1.165, 1.54) is 19.2 Å². The Bertz CT molecular complexity index is 684. The van der Waals surface area contributed by atoms with Crippen molar-refractivity contribution in [1.82, 2.24) is 10.1 Å². The summed E-state index contributed by atoms with van der Waals surface area (Å²) in [5.74, 6) is 0.749. The van der Waals surface area contributed by atoms with Crippen LogP contribution >= 0.6 is 0 Å². The topological polar surface area (TPSA) is 83.4 Å². The molecule has 0 amide bonds. The lowest BCUT2D eigenvalue weighted by Crippen LogP contribution is -2.34. The Labute approximate surface area is 131 Å². The largest absolute Gasteiger partial charge is 0.493 e. The maximum absolute atomic E-state index is 12.5. The van der Waals surface area contributed by atoms with Gasteiger partial charge < -0.3 is 19.7 Å². The third-order valence-electron chi connectivity index (χ3n) is 3.99. The van der Waals surface area contributed by atoms with Crippen molar-refractivity contribution in [2.24, 2.45) is 5.73 Å². The molecule has 1 heterocycles. The predicted molar refractivity (Wildman–Crippen MR) is 77.3 cm³/mol. The van der Waals surface area contributed by atoms with Crippen LogP contribution in [0.3, 0.4) is 0 Å². The zero-order valence-electron chi connectivity index (χ0n) is 12.6. The summed E-state index contributed by atoms with van der Waals surface area (Å²) in [5.41, 5.74) is 6.17. The number of nitrogens with two attached hydrogens (primary N) is 1. The Balaban J connectivity index is 1.91.